The van der Waals surface area contributed by atoms with Gasteiger partial charge in [0.1, 0.15) is 6.54 Å². The molecule has 0 atom stereocenters. The molecular weight excluding hydrogens is 452 g/mol. The minimum Gasteiger partial charge on any atom is -0.349 e. The number of amides is 3. The standard InChI is InChI=1S/C28H38N6O2/c1-32(2)28(23-10-4-3-5-11-23)15-13-27(14-16-28)21-33(26(36)34(27)19-22-8-6-9-22)20-25(35)29-18-24-12-7-17-30-31-24/h3-5,7,10-12,17,22H,6,8-9,13-16,18-21H2,1-2H3,(H,29,35)/t27-,28-. The number of aromatic nitrogens is 2. The van der Waals surface area contributed by atoms with Gasteiger partial charge >= 0.3 is 6.03 Å². The van der Waals surface area contributed by atoms with Crippen LogP contribution >= 0.6 is 0 Å². The quantitative estimate of drug-likeness (QED) is 0.613. The van der Waals surface area contributed by atoms with E-state index in [1.54, 1.807) is 17.2 Å². The molecule has 36 heavy (non-hydrogen) atoms. The fraction of sp³-hybridized carbons (Fsp3) is 0.571. The number of nitrogens with one attached hydrogen (secondary N) is 1. The summed E-state index contributed by atoms with van der Waals surface area (Å²) in [6.07, 6.45) is 9.13. The van der Waals surface area contributed by atoms with Crippen molar-refractivity contribution in [2.45, 2.75) is 62.6 Å². The summed E-state index contributed by atoms with van der Waals surface area (Å²) >= 11 is 0. The Morgan fingerprint density at radius 2 is 1.83 bits per heavy atom. The molecular formula is C28H38N6O2. The molecule has 2 saturated carbocycles. The average molecular weight is 491 g/mol. The molecule has 192 valence electrons. The van der Waals surface area contributed by atoms with E-state index in [2.05, 4.69) is 69.7 Å². The van der Waals surface area contributed by atoms with E-state index in [9.17, 15) is 9.59 Å². The minimum absolute atomic E-state index is 0.0219. The monoisotopic (exact) mass is 490 g/mol. The Balaban J connectivity index is 1.30. The molecule has 3 amide bonds. The van der Waals surface area contributed by atoms with Crippen LogP contribution in [0.3, 0.4) is 0 Å². The van der Waals surface area contributed by atoms with E-state index in [0.29, 0.717) is 24.7 Å². The first-order chi connectivity index (χ1) is 17.4. The summed E-state index contributed by atoms with van der Waals surface area (Å²) < 4.78 is 0. The Kier molecular flexibility index (Phi) is 6.97. The molecule has 0 unspecified atom stereocenters. The van der Waals surface area contributed by atoms with E-state index in [1.807, 2.05) is 6.07 Å². The van der Waals surface area contributed by atoms with Crippen LogP contribution in [0.2, 0.25) is 0 Å². The highest BCUT2D eigenvalue weighted by Gasteiger charge is 2.55. The zero-order chi connectivity index (χ0) is 25.2. The summed E-state index contributed by atoms with van der Waals surface area (Å²) in [5, 5.41) is 10.8. The second-order valence-corrected chi connectivity index (χ2v) is 11.1. The molecule has 1 aromatic heterocycles. The molecule has 2 aromatic rings. The van der Waals surface area contributed by atoms with Gasteiger partial charge in [0.25, 0.3) is 0 Å². The van der Waals surface area contributed by atoms with Crippen LogP contribution in [-0.2, 0) is 16.9 Å². The van der Waals surface area contributed by atoms with Crippen LogP contribution in [-0.4, -0.2) is 76.1 Å². The molecule has 5 rings (SSSR count). The van der Waals surface area contributed by atoms with Gasteiger partial charge in [0, 0.05) is 24.8 Å². The van der Waals surface area contributed by atoms with E-state index in [1.165, 1.54) is 24.8 Å². The number of carbonyl (C=O) groups is 2. The molecule has 8 nitrogen and oxygen atoms in total. The number of benzene rings is 1. The number of carbonyl (C=O) groups excluding carboxylic acids is 2. The van der Waals surface area contributed by atoms with Crippen LogP contribution in [0.25, 0.3) is 0 Å². The molecule has 1 N–H and O–H groups in total. The van der Waals surface area contributed by atoms with E-state index in [-0.39, 0.29) is 29.6 Å². The summed E-state index contributed by atoms with van der Waals surface area (Å²) in [7, 11) is 4.34. The van der Waals surface area contributed by atoms with Gasteiger partial charge in [0.15, 0.2) is 0 Å². The molecule has 1 aliphatic heterocycles. The van der Waals surface area contributed by atoms with Gasteiger partial charge in [-0.3, -0.25) is 9.69 Å². The van der Waals surface area contributed by atoms with Crippen LogP contribution in [0, 0.1) is 5.92 Å². The second kappa shape index (κ2) is 10.2. The molecule has 8 heteroatoms. The Morgan fingerprint density at radius 1 is 1.08 bits per heavy atom. The van der Waals surface area contributed by atoms with Crippen LogP contribution in [0.1, 0.15) is 56.2 Å². The molecule has 3 fully saturated rings. The van der Waals surface area contributed by atoms with Gasteiger partial charge in [-0.15, -0.1) is 0 Å². The van der Waals surface area contributed by atoms with Crippen LogP contribution < -0.4 is 5.32 Å². The number of urea groups is 1. The maximum absolute atomic E-state index is 13.7. The van der Waals surface area contributed by atoms with Gasteiger partial charge in [-0.2, -0.15) is 10.2 Å². The molecule has 1 aromatic carbocycles. The SMILES string of the molecule is CN(C)[C@]1(c2ccccc2)CC[C@@]2(CC1)CN(CC(=O)NCc1cccnn1)C(=O)N2CC1CCC1. The van der Waals surface area contributed by atoms with E-state index in [0.717, 1.165) is 32.2 Å². The second-order valence-electron chi connectivity index (χ2n) is 11.1. The number of hydrogen-bond acceptors (Lipinski definition) is 5. The number of rotatable bonds is 8. The highest BCUT2D eigenvalue weighted by atomic mass is 16.2. The normalized spacial score (nSPS) is 26.5. The third kappa shape index (κ3) is 4.71. The maximum atomic E-state index is 13.7. The predicted molar refractivity (Wildman–Crippen MR) is 138 cm³/mol. The first-order valence-corrected chi connectivity index (χ1v) is 13.2. The van der Waals surface area contributed by atoms with E-state index in [4.69, 9.17) is 0 Å². The number of hydrogen-bond donors (Lipinski definition) is 1. The third-order valence-electron chi connectivity index (χ3n) is 8.83. The van der Waals surface area contributed by atoms with Crippen LogP contribution in [0.4, 0.5) is 4.79 Å². The van der Waals surface area contributed by atoms with Crippen molar-refractivity contribution in [1.82, 2.24) is 30.2 Å². The summed E-state index contributed by atoms with van der Waals surface area (Å²) in [6, 6.07) is 14.4. The minimum atomic E-state index is -0.202. The molecule has 0 radical (unpaired) electrons. The maximum Gasteiger partial charge on any atom is 0.321 e. The van der Waals surface area contributed by atoms with Gasteiger partial charge in [0.05, 0.1) is 17.8 Å². The van der Waals surface area contributed by atoms with E-state index >= 15 is 0 Å². The largest absolute Gasteiger partial charge is 0.349 e. The summed E-state index contributed by atoms with van der Waals surface area (Å²) in [5.74, 6) is 0.434. The predicted octanol–water partition coefficient (Wildman–Crippen LogP) is 3.40. The summed E-state index contributed by atoms with van der Waals surface area (Å²) in [6.45, 7) is 1.83. The Hall–Kier alpha value is -3.00. The zero-order valence-electron chi connectivity index (χ0n) is 21.5. The first-order valence-electron chi connectivity index (χ1n) is 13.2. The Labute approximate surface area is 214 Å². The fourth-order valence-corrected chi connectivity index (χ4v) is 6.36. The van der Waals surface area contributed by atoms with Gasteiger partial charge < -0.3 is 15.1 Å². The van der Waals surface area contributed by atoms with Crippen molar-refractivity contribution in [1.29, 1.82) is 0 Å². The lowest BCUT2D eigenvalue weighted by atomic mass is 9.68. The van der Waals surface area contributed by atoms with Crippen LogP contribution in [0.15, 0.2) is 48.7 Å². The van der Waals surface area contributed by atoms with Gasteiger partial charge in [-0.25, -0.2) is 4.79 Å². The van der Waals surface area contributed by atoms with Crippen molar-refractivity contribution in [2.75, 3.05) is 33.7 Å². The lowest BCUT2D eigenvalue weighted by Gasteiger charge is -2.51. The van der Waals surface area contributed by atoms with E-state index < -0.39 is 0 Å². The van der Waals surface area contributed by atoms with Gasteiger partial charge in [0.2, 0.25) is 5.91 Å². The molecule has 2 aliphatic carbocycles. The Morgan fingerprint density at radius 3 is 2.44 bits per heavy atom. The smallest absolute Gasteiger partial charge is 0.321 e. The van der Waals surface area contributed by atoms with Crippen molar-refractivity contribution >= 4 is 11.9 Å². The third-order valence-corrected chi connectivity index (χ3v) is 8.83. The van der Waals surface area contributed by atoms with Crippen LogP contribution in [0.5, 0.6) is 0 Å². The molecule has 0 bridgehead atoms. The van der Waals surface area contributed by atoms with Crippen molar-refractivity contribution in [3.63, 3.8) is 0 Å². The lowest BCUT2D eigenvalue weighted by molar-refractivity contribution is -0.121. The van der Waals surface area contributed by atoms with Gasteiger partial charge in [-0.1, -0.05) is 36.8 Å². The average Bonchev–Trinajstić information content (AvgIpc) is 3.11. The van der Waals surface area contributed by atoms with Gasteiger partial charge in [-0.05, 0) is 76.2 Å². The first kappa shape index (κ1) is 24.7. The van der Waals surface area contributed by atoms with Crippen molar-refractivity contribution in [3.8, 4) is 0 Å². The Bertz CT molecular complexity index is 1050. The van der Waals surface area contributed by atoms with Crippen molar-refractivity contribution in [3.05, 3.63) is 59.9 Å². The summed E-state index contributed by atoms with van der Waals surface area (Å²) in [4.78, 5) is 32.7. The molecule has 1 saturated heterocycles. The van der Waals surface area contributed by atoms with Crippen molar-refractivity contribution < 1.29 is 9.59 Å². The summed E-state index contributed by atoms with van der Waals surface area (Å²) in [5.41, 5.74) is 1.82. The van der Waals surface area contributed by atoms with Crippen molar-refractivity contribution in [2.24, 2.45) is 5.92 Å². The molecule has 2 heterocycles. The fourth-order valence-electron chi connectivity index (χ4n) is 6.36. The molecule has 1 spiro atoms. The lowest BCUT2D eigenvalue weighted by Crippen LogP contribution is -2.56. The highest BCUT2D eigenvalue weighted by Crippen LogP contribution is 2.49. The topological polar surface area (TPSA) is 81.7 Å². The zero-order valence-corrected chi connectivity index (χ0v) is 21.5. The highest BCUT2D eigenvalue weighted by molar-refractivity contribution is 5.86. The number of nitrogens with zero attached hydrogens (tertiary/aromatic N) is 5. The molecule has 3 aliphatic rings.